The summed E-state index contributed by atoms with van der Waals surface area (Å²) in [7, 11) is 0. The van der Waals surface area contributed by atoms with Crippen LogP contribution in [0.25, 0.3) is 0 Å². The summed E-state index contributed by atoms with van der Waals surface area (Å²) in [6.45, 7) is 7.81. The van der Waals surface area contributed by atoms with Crippen molar-refractivity contribution in [2.45, 2.75) is 58.5 Å². The van der Waals surface area contributed by atoms with Crippen LogP contribution in [-0.2, 0) is 0 Å². The van der Waals surface area contributed by atoms with E-state index in [1.54, 1.807) is 0 Å². The molecule has 2 rings (SSSR count). The van der Waals surface area contributed by atoms with Gasteiger partial charge in [-0.1, -0.05) is 18.6 Å². The molecule has 1 aliphatic heterocycles. The van der Waals surface area contributed by atoms with Gasteiger partial charge in [0.15, 0.2) is 0 Å². The Morgan fingerprint density at radius 1 is 1.33 bits per heavy atom. The molecule has 0 bridgehead atoms. The average Bonchev–Trinajstić information content (AvgIpc) is 2.35. The fraction of sp³-hybridized carbons (Fsp3) is 0.625. The lowest BCUT2D eigenvalue weighted by Crippen LogP contribution is -2.37. The van der Waals surface area contributed by atoms with Crippen LogP contribution in [0.3, 0.4) is 0 Å². The second-order valence-electron chi connectivity index (χ2n) is 5.75. The molecule has 2 heteroatoms. The monoisotopic (exact) mass is 246 g/mol. The summed E-state index contributed by atoms with van der Waals surface area (Å²) in [5.74, 6) is 0. The summed E-state index contributed by atoms with van der Waals surface area (Å²) in [5, 5.41) is 7.28. The molecule has 100 valence electrons. The summed E-state index contributed by atoms with van der Waals surface area (Å²) >= 11 is 0. The molecule has 0 aliphatic carbocycles. The first-order valence-corrected chi connectivity index (χ1v) is 7.22. The Morgan fingerprint density at radius 2 is 2.17 bits per heavy atom. The Balaban J connectivity index is 1.89. The van der Waals surface area contributed by atoms with Crippen LogP contribution in [0.2, 0.25) is 0 Å². The van der Waals surface area contributed by atoms with Crippen LogP contribution in [0.5, 0.6) is 0 Å². The summed E-state index contributed by atoms with van der Waals surface area (Å²) in [5.41, 5.74) is 3.95. The summed E-state index contributed by atoms with van der Waals surface area (Å²) < 4.78 is 0. The molecular formula is C16H26N2. The van der Waals surface area contributed by atoms with E-state index >= 15 is 0 Å². The van der Waals surface area contributed by atoms with Gasteiger partial charge < -0.3 is 10.6 Å². The first kappa shape index (κ1) is 13.4. The van der Waals surface area contributed by atoms with E-state index < -0.39 is 0 Å². The Hall–Kier alpha value is -1.02. The zero-order valence-corrected chi connectivity index (χ0v) is 11.9. The van der Waals surface area contributed by atoms with Gasteiger partial charge in [0.2, 0.25) is 0 Å². The maximum Gasteiger partial charge on any atom is 0.0374 e. The molecule has 0 radical (unpaired) electrons. The van der Waals surface area contributed by atoms with Gasteiger partial charge in [0, 0.05) is 17.8 Å². The van der Waals surface area contributed by atoms with Crippen LogP contribution in [-0.4, -0.2) is 18.6 Å². The predicted molar refractivity (Wildman–Crippen MR) is 79.3 cm³/mol. The van der Waals surface area contributed by atoms with Gasteiger partial charge in [-0.15, -0.1) is 0 Å². The molecule has 2 N–H and O–H groups in total. The van der Waals surface area contributed by atoms with Crippen molar-refractivity contribution in [2.24, 2.45) is 0 Å². The van der Waals surface area contributed by atoms with Gasteiger partial charge in [-0.25, -0.2) is 0 Å². The standard InChI is InChI=1S/C16H26N2/c1-12-7-8-13(2)16(10-12)18-14(3)11-15-6-4-5-9-17-15/h7-8,10,14-15,17-18H,4-6,9,11H2,1-3H3. The molecule has 2 atom stereocenters. The van der Waals surface area contributed by atoms with Crippen molar-refractivity contribution in [3.8, 4) is 0 Å². The minimum absolute atomic E-state index is 0.529. The smallest absolute Gasteiger partial charge is 0.0374 e. The van der Waals surface area contributed by atoms with Crippen molar-refractivity contribution in [3.05, 3.63) is 29.3 Å². The Labute approximate surface area is 111 Å². The maximum atomic E-state index is 3.66. The minimum atomic E-state index is 0.529. The van der Waals surface area contributed by atoms with E-state index in [0.29, 0.717) is 12.1 Å². The summed E-state index contributed by atoms with van der Waals surface area (Å²) in [6.07, 6.45) is 5.27. The molecule has 0 aromatic heterocycles. The third-order valence-corrected chi connectivity index (χ3v) is 3.85. The number of rotatable bonds is 4. The molecule has 0 spiro atoms. The quantitative estimate of drug-likeness (QED) is 0.847. The highest BCUT2D eigenvalue weighted by Crippen LogP contribution is 2.19. The number of hydrogen-bond acceptors (Lipinski definition) is 2. The van der Waals surface area contributed by atoms with Gasteiger partial charge in [0.1, 0.15) is 0 Å². The van der Waals surface area contributed by atoms with Crippen molar-refractivity contribution < 1.29 is 0 Å². The Kier molecular flexibility index (Phi) is 4.65. The molecule has 2 unspecified atom stereocenters. The number of hydrogen-bond donors (Lipinski definition) is 2. The second kappa shape index (κ2) is 6.24. The van der Waals surface area contributed by atoms with Crippen molar-refractivity contribution in [1.82, 2.24) is 5.32 Å². The molecule has 1 heterocycles. The fourth-order valence-corrected chi connectivity index (χ4v) is 2.77. The predicted octanol–water partition coefficient (Wildman–Crippen LogP) is 3.64. The Morgan fingerprint density at radius 3 is 2.89 bits per heavy atom. The van der Waals surface area contributed by atoms with Crippen molar-refractivity contribution in [1.29, 1.82) is 0 Å². The number of piperidine rings is 1. The molecule has 2 nitrogen and oxygen atoms in total. The second-order valence-corrected chi connectivity index (χ2v) is 5.75. The molecule has 18 heavy (non-hydrogen) atoms. The zero-order valence-electron chi connectivity index (χ0n) is 11.9. The van der Waals surface area contributed by atoms with Gasteiger partial charge >= 0.3 is 0 Å². The van der Waals surface area contributed by atoms with Crippen molar-refractivity contribution in [3.63, 3.8) is 0 Å². The van der Waals surface area contributed by atoms with E-state index in [1.807, 2.05) is 0 Å². The van der Waals surface area contributed by atoms with Gasteiger partial charge in [-0.3, -0.25) is 0 Å². The largest absolute Gasteiger partial charge is 0.382 e. The third-order valence-electron chi connectivity index (χ3n) is 3.85. The maximum absolute atomic E-state index is 3.66. The number of anilines is 1. The highest BCUT2D eigenvalue weighted by atomic mass is 15.0. The molecule has 1 fully saturated rings. The third kappa shape index (κ3) is 3.74. The lowest BCUT2D eigenvalue weighted by atomic mass is 9.98. The Bertz CT molecular complexity index is 381. The van der Waals surface area contributed by atoms with Crippen LogP contribution >= 0.6 is 0 Å². The number of nitrogens with one attached hydrogen (secondary N) is 2. The van der Waals surface area contributed by atoms with E-state index in [9.17, 15) is 0 Å². The topological polar surface area (TPSA) is 24.1 Å². The normalized spacial score (nSPS) is 21.6. The van der Waals surface area contributed by atoms with E-state index in [0.717, 1.165) is 0 Å². The van der Waals surface area contributed by atoms with E-state index in [-0.39, 0.29) is 0 Å². The van der Waals surface area contributed by atoms with Gasteiger partial charge in [-0.05, 0) is 63.8 Å². The fourth-order valence-electron chi connectivity index (χ4n) is 2.77. The molecule has 1 aliphatic rings. The minimum Gasteiger partial charge on any atom is -0.382 e. The van der Waals surface area contributed by atoms with Crippen molar-refractivity contribution in [2.75, 3.05) is 11.9 Å². The number of aryl methyl sites for hydroxylation is 2. The molecule has 1 aromatic carbocycles. The van der Waals surface area contributed by atoms with Crippen LogP contribution in [0, 0.1) is 13.8 Å². The first-order valence-electron chi connectivity index (χ1n) is 7.22. The lowest BCUT2D eigenvalue weighted by molar-refractivity contribution is 0.371. The molecule has 1 aromatic rings. The van der Waals surface area contributed by atoms with Gasteiger partial charge in [0.05, 0.1) is 0 Å². The van der Waals surface area contributed by atoms with Crippen LogP contribution in [0.15, 0.2) is 18.2 Å². The van der Waals surface area contributed by atoms with Gasteiger partial charge in [-0.2, -0.15) is 0 Å². The van der Waals surface area contributed by atoms with Crippen molar-refractivity contribution >= 4 is 5.69 Å². The van der Waals surface area contributed by atoms with E-state index in [4.69, 9.17) is 0 Å². The van der Waals surface area contributed by atoms with Crippen LogP contribution < -0.4 is 10.6 Å². The highest BCUT2D eigenvalue weighted by Gasteiger charge is 2.15. The molecule has 0 saturated carbocycles. The molecular weight excluding hydrogens is 220 g/mol. The number of benzene rings is 1. The highest BCUT2D eigenvalue weighted by molar-refractivity contribution is 5.53. The zero-order chi connectivity index (χ0) is 13.0. The summed E-state index contributed by atoms with van der Waals surface area (Å²) in [6, 6.07) is 7.85. The van der Waals surface area contributed by atoms with E-state index in [1.165, 1.54) is 49.0 Å². The SMILES string of the molecule is Cc1ccc(C)c(NC(C)CC2CCCCN2)c1. The first-order chi connectivity index (χ1) is 8.65. The molecule has 1 saturated heterocycles. The van der Waals surface area contributed by atoms with Crippen LogP contribution in [0.4, 0.5) is 5.69 Å². The van der Waals surface area contributed by atoms with E-state index in [2.05, 4.69) is 49.6 Å². The van der Waals surface area contributed by atoms with Gasteiger partial charge in [0.25, 0.3) is 0 Å². The van der Waals surface area contributed by atoms with Crippen LogP contribution in [0.1, 0.15) is 43.7 Å². The molecule has 0 amide bonds. The average molecular weight is 246 g/mol. The lowest BCUT2D eigenvalue weighted by Gasteiger charge is -2.27. The summed E-state index contributed by atoms with van der Waals surface area (Å²) in [4.78, 5) is 0.